The number of ether oxygens (including phenoxy) is 2. The fourth-order valence-corrected chi connectivity index (χ4v) is 2.76. The number of hydrogen-bond acceptors (Lipinski definition) is 5. The summed E-state index contributed by atoms with van der Waals surface area (Å²) in [5.74, 6) is 0.397. The zero-order chi connectivity index (χ0) is 19.4. The van der Waals surface area contributed by atoms with Crippen LogP contribution >= 0.6 is 11.6 Å². The highest BCUT2D eigenvalue weighted by Crippen LogP contribution is 2.25. The van der Waals surface area contributed by atoms with Gasteiger partial charge in [0, 0.05) is 18.1 Å². The molecule has 0 aliphatic heterocycles. The van der Waals surface area contributed by atoms with Gasteiger partial charge in [0.25, 0.3) is 0 Å². The second-order valence-corrected chi connectivity index (χ2v) is 6.32. The molecule has 0 radical (unpaired) electrons. The predicted molar refractivity (Wildman–Crippen MR) is 102 cm³/mol. The number of amides is 1. The zero-order valence-corrected chi connectivity index (χ0v) is 15.7. The van der Waals surface area contributed by atoms with Gasteiger partial charge < -0.3 is 18.8 Å². The number of benzene rings is 2. The van der Waals surface area contributed by atoms with Gasteiger partial charge in [-0.05, 0) is 24.3 Å². The van der Waals surface area contributed by atoms with Gasteiger partial charge in [-0.2, -0.15) is 0 Å². The Bertz CT molecular complexity index is 1010. The minimum absolute atomic E-state index is 0.126. The molecule has 27 heavy (non-hydrogen) atoms. The number of fused-ring (bicyclic) bond motifs is 1. The lowest BCUT2D eigenvalue weighted by Crippen LogP contribution is -2.35. The molecule has 1 heterocycles. The van der Waals surface area contributed by atoms with Gasteiger partial charge in [0.05, 0.1) is 19.2 Å². The average Bonchev–Trinajstić information content (AvgIpc) is 2.96. The van der Waals surface area contributed by atoms with Crippen LogP contribution in [0.5, 0.6) is 11.5 Å². The van der Waals surface area contributed by atoms with Crippen molar-refractivity contribution in [2.24, 2.45) is 0 Å². The molecule has 0 N–H and O–H groups in total. The maximum Gasteiger partial charge on any atom is 0.420 e. The van der Waals surface area contributed by atoms with E-state index in [4.69, 9.17) is 25.5 Å². The molecule has 0 bridgehead atoms. The highest BCUT2D eigenvalue weighted by Gasteiger charge is 2.16. The molecule has 3 aromatic rings. The van der Waals surface area contributed by atoms with E-state index in [1.54, 1.807) is 44.5 Å². The van der Waals surface area contributed by atoms with E-state index in [1.165, 1.54) is 9.47 Å². The largest absolute Gasteiger partial charge is 0.493 e. The van der Waals surface area contributed by atoms with E-state index in [0.29, 0.717) is 40.8 Å². The van der Waals surface area contributed by atoms with Gasteiger partial charge in [-0.25, -0.2) is 4.79 Å². The Morgan fingerprint density at radius 1 is 1.22 bits per heavy atom. The third-order valence-corrected chi connectivity index (χ3v) is 4.34. The summed E-state index contributed by atoms with van der Waals surface area (Å²) in [5.41, 5.74) is 0.874. The highest BCUT2D eigenvalue weighted by molar-refractivity contribution is 6.31. The van der Waals surface area contributed by atoms with Crippen LogP contribution in [0.15, 0.2) is 51.7 Å². The van der Waals surface area contributed by atoms with Crippen LogP contribution in [0.25, 0.3) is 11.1 Å². The Morgan fingerprint density at radius 3 is 2.70 bits per heavy atom. The van der Waals surface area contributed by atoms with Gasteiger partial charge in [-0.15, -0.1) is 0 Å². The van der Waals surface area contributed by atoms with Crippen LogP contribution in [0.4, 0.5) is 0 Å². The number of hydrogen-bond donors (Lipinski definition) is 0. The molecule has 0 aliphatic rings. The molecule has 3 rings (SSSR count). The second kappa shape index (κ2) is 8.18. The van der Waals surface area contributed by atoms with E-state index >= 15 is 0 Å². The molecule has 0 atom stereocenters. The van der Waals surface area contributed by atoms with Gasteiger partial charge in [-0.1, -0.05) is 23.7 Å². The Morgan fingerprint density at radius 2 is 1.96 bits per heavy atom. The highest BCUT2D eigenvalue weighted by atomic mass is 35.5. The lowest BCUT2D eigenvalue weighted by Gasteiger charge is -2.18. The molecule has 7 nitrogen and oxygen atoms in total. The van der Waals surface area contributed by atoms with E-state index < -0.39 is 5.76 Å². The van der Waals surface area contributed by atoms with Gasteiger partial charge in [0.1, 0.15) is 13.2 Å². The van der Waals surface area contributed by atoms with E-state index in [-0.39, 0.29) is 12.5 Å². The van der Waals surface area contributed by atoms with Crippen molar-refractivity contribution in [3.8, 4) is 11.5 Å². The molecule has 0 fully saturated rings. The molecule has 0 spiro atoms. The molecule has 1 amide bonds. The maximum atomic E-state index is 12.5. The van der Waals surface area contributed by atoms with Crippen molar-refractivity contribution in [1.82, 2.24) is 9.47 Å². The molecule has 142 valence electrons. The van der Waals surface area contributed by atoms with Crippen LogP contribution in [0.2, 0.25) is 5.02 Å². The van der Waals surface area contributed by atoms with Gasteiger partial charge in [0.15, 0.2) is 17.1 Å². The third-order valence-electron chi connectivity index (χ3n) is 4.10. The Labute approximate surface area is 160 Å². The van der Waals surface area contributed by atoms with Crippen molar-refractivity contribution in [2.45, 2.75) is 6.54 Å². The van der Waals surface area contributed by atoms with E-state index in [0.717, 1.165) is 0 Å². The first-order valence-electron chi connectivity index (χ1n) is 8.28. The number of likely N-dealkylation sites (N-methyl/N-ethyl adjacent to an activating group) is 1. The standard InChI is InChI=1S/C19H19ClN2O5/c1-21(9-10-26-16-6-4-3-5-15(16)25-2)18(23)12-22-14-8-7-13(20)11-17(14)27-19(22)24/h3-8,11H,9-10,12H2,1-2H3. The quantitative estimate of drug-likeness (QED) is 0.620. The number of methoxy groups -OCH3 is 1. The van der Waals surface area contributed by atoms with Crippen LogP contribution in [-0.4, -0.2) is 42.7 Å². The number of halogens is 1. The first-order valence-corrected chi connectivity index (χ1v) is 8.66. The lowest BCUT2D eigenvalue weighted by atomic mass is 10.3. The number of rotatable bonds is 7. The number of para-hydroxylation sites is 2. The molecular formula is C19H19ClN2O5. The molecule has 0 unspecified atom stereocenters. The Hall–Kier alpha value is -2.93. The summed E-state index contributed by atoms with van der Waals surface area (Å²) < 4.78 is 17.3. The van der Waals surface area contributed by atoms with Gasteiger partial charge >= 0.3 is 5.76 Å². The summed E-state index contributed by atoms with van der Waals surface area (Å²) in [6.07, 6.45) is 0. The Balaban J connectivity index is 1.61. The maximum absolute atomic E-state index is 12.5. The number of oxazole rings is 1. The van der Waals surface area contributed by atoms with Crippen LogP contribution < -0.4 is 15.2 Å². The molecule has 0 aliphatic carbocycles. The molecule has 0 saturated heterocycles. The fraction of sp³-hybridized carbons (Fsp3) is 0.263. The van der Waals surface area contributed by atoms with Crippen LogP contribution in [-0.2, 0) is 11.3 Å². The monoisotopic (exact) mass is 390 g/mol. The molecule has 2 aromatic carbocycles. The summed E-state index contributed by atoms with van der Waals surface area (Å²) in [6, 6.07) is 12.1. The van der Waals surface area contributed by atoms with Crippen molar-refractivity contribution in [2.75, 3.05) is 27.3 Å². The smallest absolute Gasteiger partial charge is 0.420 e. The second-order valence-electron chi connectivity index (χ2n) is 5.88. The van der Waals surface area contributed by atoms with Gasteiger partial charge in [0.2, 0.25) is 5.91 Å². The summed E-state index contributed by atoms with van der Waals surface area (Å²) in [4.78, 5) is 26.0. The predicted octanol–water partition coefficient (Wildman–Crippen LogP) is 2.79. The van der Waals surface area contributed by atoms with E-state index in [9.17, 15) is 9.59 Å². The first kappa shape index (κ1) is 18.8. The SMILES string of the molecule is COc1ccccc1OCCN(C)C(=O)Cn1c(=O)oc2cc(Cl)ccc21. The number of nitrogens with zero attached hydrogens (tertiary/aromatic N) is 2. The average molecular weight is 391 g/mol. The molecule has 1 aromatic heterocycles. The summed E-state index contributed by atoms with van der Waals surface area (Å²) in [7, 11) is 3.22. The van der Waals surface area contributed by atoms with Gasteiger partial charge in [-0.3, -0.25) is 9.36 Å². The van der Waals surface area contributed by atoms with E-state index in [2.05, 4.69) is 0 Å². The topological polar surface area (TPSA) is 73.9 Å². The number of carbonyl (C=O) groups is 1. The van der Waals surface area contributed by atoms with Crippen molar-refractivity contribution < 1.29 is 18.7 Å². The van der Waals surface area contributed by atoms with Crippen LogP contribution in [0.3, 0.4) is 0 Å². The number of carbonyl (C=O) groups excluding carboxylic acids is 1. The number of aromatic nitrogens is 1. The van der Waals surface area contributed by atoms with E-state index in [1.807, 2.05) is 12.1 Å². The molecule has 8 heteroatoms. The molecule has 0 saturated carbocycles. The summed E-state index contributed by atoms with van der Waals surface area (Å²) in [5, 5.41) is 0.459. The summed E-state index contributed by atoms with van der Waals surface area (Å²) >= 11 is 5.90. The van der Waals surface area contributed by atoms with Crippen LogP contribution in [0, 0.1) is 0 Å². The molecular weight excluding hydrogens is 372 g/mol. The first-order chi connectivity index (χ1) is 13.0. The van der Waals surface area contributed by atoms with Crippen molar-refractivity contribution in [3.05, 3.63) is 58.0 Å². The lowest BCUT2D eigenvalue weighted by molar-refractivity contribution is -0.130. The Kier molecular flexibility index (Phi) is 5.71. The van der Waals surface area contributed by atoms with Crippen molar-refractivity contribution >= 4 is 28.6 Å². The minimum atomic E-state index is -0.598. The normalized spacial score (nSPS) is 10.8. The third kappa shape index (κ3) is 4.25. The zero-order valence-electron chi connectivity index (χ0n) is 15.0. The fourth-order valence-electron chi connectivity index (χ4n) is 2.60. The minimum Gasteiger partial charge on any atom is -0.493 e. The summed E-state index contributed by atoms with van der Waals surface area (Å²) in [6.45, 7) is 0.519. The van der Waals surface area contributed by atoms with Crippen molar-refractivity contribution in [3.63, 3.8) is 0 Å². The van der Waals surface area contributed by atoms with Crippen LogP contribution in [0.1, 0.15) is 0 Å². The van der Waals surface area contributed by atoms with Crippen molar-refractivity contribution in [1.29, 1.82) is 0 Å².